The predicted octanol–water partition coefficient (Wildman–Crippen LogP) is -2.89. The van der Waals surface area contributed by atoms with Gasteiger partial charge in [-0.2, -0.15) is 0 Å². The van der Waals surface area contributed by atoms with Gasteiger partial charge in [0.25, 0.3) is 0 Å². The van der Waals surface area contributed by atoms with Gasteiger partial charge in [-0.3, -0.25) is 19.2 Å². The van der Waals surface area contributed by atoms with Gasteiger partial charge in [-0.25, -0.2) is 0 Å². The van der Waals surface area contributed by atoms with Crippen LogP contribution in [0.1, 0.15) is 19.3 Å². The van der Waals surface area contributed by atoms with Crippen molar-refractivity contribution in [2.75, 3.05) is 0 Å². The fraction of sp³-hybridized carbons (Fsp3) is 0.556. The summed E-state index contributed by atoms with van der Waals surface area (Å²) < 4.78 is 0. The first kappa shape index (κ1) is 12.9. The molecule has 1 aliphatic rings. The highest BCUT2D eigenvalue weighted by molar-refractivity contribution is 5.95. The minimum atomic E-state index is -1.14. The van der Waals surface area contributed by atoms with Gasteiger partial charge in [-0.05, 0) is 6.42 Å². The van der Waals surface area contributed by atoms with Crippen LogP contribution in [0.25, 0.3) is 0 Å². The SMILES string of the molecule is NC(=O)C[C@H](NC(=O)[C@@H]1CCC(=O)N1)C(N)=O. The van der Waals surface area contributed by atoms with E-state index in [0.717, 1.165) is 0 Å². The van der Waals surface area contributed by atoms with E-state index < -0.39 is 29.8 Å². The van der Waals surface area contributed by atoms with Crippen LogP contribution >= 0.6 is 0 Å². The molecule has 1 rings (SSSR count). The third kappa shape index (κ3) is 3.74. The maximum atomic E-state index is 11.6. The third-order valence-electron chi connectivity index (χ3n) is 2.38. The Hall–Kier alpha value is -2.12. The van der Waals surface area contributed by atoms with Gasteiger partial charge in [-0.1, -0.05) is 0 Å². The molecule has 0 saturated carbocycles. The van der Waals surface area contributed by atoms with E-state index in [4.69, 9.17) is 11.5 Å². The predicted molar refractivity (Wildman–Crippen MR) is 56.1 cm³/mol. The summed E-state index contributed by atoms with van der Waals surface area (Å²) in [5.74, 6) is -2.36. The zero-order valence-corrected chi connectivity index (χ0v) is 9.06. The van der Waals surface area contributed by atoms with Crippen LogP contribution in [0.5, 0.6) is 0 Å². The normalized spacial score (nSPS) is 20.5. The number of carbonyl (C=O) groups excluding carboxylic acids is 4. The summed E-state index contributed by atoms with van der Waals surface area (Å²) in [5.41, 5.74) is 9.93. The Morgan fingerprint density at radius 2 is 2.06 bits per heavy atom. The molecule has 0 aromatic heterocycles. The van der Waals surface area contributed by atoms with Crippen molar-refractivity contribution in [2.24, 2.45) is 11.5 Å². The molecule has 1 fully saturated rings. The van der Waals surface area contributed by atoms with Crippen molar-refractivity contribution in [3.05, 3.63) is 0 Å². The summed E-state index contributed by atoms with van der Waals surface area (Å²) >= 11 is 0. The molecule has 1 saturated heterocycles. The number of carbonyl (C=O) groups is 4. The second-order valence-electron chi connectivity index (χ2n) is 3.79. The molecule has 0 aromatic rings. The quantitative estimate of drug-likeness (QED) is 0.410. The second kappa shape index (κ2) is 5.28. The zero-order chi connectivity index (χ0) is 13.0. The van der Waals surface area contributed by atoms with Crippen LogP contribution in [0.2, 0.25) is 0 Å². The lowest BCUT2D eigenvalue weighted by Gasteiger charge is -2.16. The first-order chi connectivity index (χ1) is 7.90. The van der Waals surface area contributed by atoms with Gasteiger partial charge in [-0.15, -0.1) is 0 Å². The Labute approximate surface area is 97.1 Å². The van der Waals surface area contributed by atoms with Crippen molar-refractivity contribution in [3.8, 4) is 0 Å². The molecule has 4 amide bonds. The van der Waals surface area contributed by atoms with E-state index in [1.807, 2.05) is 0 Å². The molecule has 0 aliphatic carbocycles. The molecule has 8 heteroatoms. The van der Waals surface area contributed by atoms with E-state index in [2.05, 4.69) is 10.6 Å². The molecule has 1 aliphatic heterocycles. The molecular formula is C9H14N4O4. The van der Waals surface area contributed by atoms with E-state index in [1.54, 1.807) is 0 Å². The lowest BCUT2D eigenvalue weighted by molar-refractivity contribution is -0.131. The van der Waals surface area contributed by atoms with Gasteiger partial charge in [0, 0.05) is 6.42 Å². The molecule has 6 N–H and O–H groups in total. The van der Waals surface area contributed by atoms with Crippen LogP contribution < -0.4 is 22.1 Å². The van der Waals surface area contributed by atoms with Crippen molar-refractivity contribution in [1.29, 1.82) is 0 Å². The monoisotopic (exact) mass is 242 g/mol. The standard InChI is InChI=1S/C9H14N4O4/c10-6(14)3-5(8(11)16)13-9(17)4-1-2-7(15)12-4/h4-5H,1-3H2,(H2,10,14)(H2,11,16)(H,12,15)(H,13,17)/t4-,5-/m0/s1. The van der Waals surface area contributed by atoms with Gasteiger partial charge >= 0.3 is 0 Å². The Balaban J connectivity index is 2.55. The van der Waals surface area contributed by atoms with Crippen molar-refractivity contribution < 1.29 is 19.2 Å². The second-order valence-corrected chi connectivity index (χ2v) is 3.79. The first-order valence-corrected chi connectivity index (χ1v) is 5.07. The van der Waals surface area contributed by atoms with Crippen LogP contribution in [0.15, 0.2) is 0 Å². The Kier molecular flexibility index (Phi) is 4.02. The minimum absolute atomic E-state index is 0.226. The molecule has 1 heterocycles. The lowest BCUT2D eigenvalue weighted by Crippen LogP contribution is -2.51. The van der Waals surface area contributed by atoms with Crippen molar-refractivity contribution >= 4 is 23.6 Å². The molecule has 0 aromatic carbocycles. The summed E-state index contributed by atoms with van der Waals surface area (Å²) in [6.45, 7) is 0. The van der Waals surface area contributed by atoms with Gasteiger partial charge in [0.05, 0.1) is 6.42 Å². The molecule has 0 radical (unpaired) electrons. The first-order valence-electron chi connectivity index (χ1n) is 5.07. The largest absolute Gasteiger partial charge is 0.370 e. The van der Waals surface area contributed by atoms with Crippen LogP contribution in [-0.4, -0.2) is 35.7 Å². The van der Waals surface area contributed by atoms with Crippen LogP contribution in [-0.2, 0) is 19.2 Å². The molecule has 0 bridgehead atoms. The van der Waals surface area contributed by atoms with Crippen molar-refractivity contribution in [1.82, 2.24) is 10.6 Å². The maximum absolute atomic E-state index is 11.6. The fourth-order valence-corrected chi connectivity index (χ4v) is 1.51. The van der Waals surface area contributed by atoms with E-state index in [9.17, 15) is 19.2 Å². The number of nitrogens with two attached hydrogens (primary N) is 2. The number of primary amides is 2. The van der Waals surface area contributed by atoms with E-state index >= 15 is 0 Å². The molecule has 17 heavy (non-hydrogen) atoms. The smallest absolute Gasteiger partial charge is 0.243 e. The van der Waals surface area contributed by atoms with Crippen molar-refractivity contribution in [3.63, 3.8) is 0 Å². The van der Waals surface area contributed by atoms with Crippen LogP contribution in [0, 0.1) is 0 Å². The minimum Gasteiger partial charge on any atom is -0.370 e. The molecule has 2 atom stereocenters. The highest BCUT2D eigenvalue weighted by Crippen LogP contribution is 2.06. The van der Waals surface area contributed by atoms with E-state index in [1.165, 1.54) is 0 Å². The van der Waals surface area contributed by atoms with Gasteiger partial charge in [0.1, 0.15) is 12.1 Å². The fourth-order valence-electron chi connectivity index (χ4n) is 1.51. The zero-order valence-electron chi connectivity index (χ0n) is 9.06. The van der Waals surface area contributed by atoms with Crippen LogP contribution in [0.3, 0.4) is 0 Å². The average molecular weight is 242 g/mol. The number of amides is 4. The van der Waals surface area contributed by atoms with Crippen molar-refractivity contribution in [2.45, 2.75) is 31.3 Å². The van der Waals surface area contributed by atoms with Crippen LogP contribution in [0.4, 0.5) is 0 Å². The highest BCUT2D eigenvalue weighted by Gasteiger charge is 2.30. The summed E-state index contributed by atoms with van der Waals surface area (Å²) in [7, 11) is 0. The Morgan fingerprint density at radius 3 is 2.47 bits per heavy atom. The van der Waals surface area contributed by atoms with Gasteiger partial charge < -0.3 is 22.1 Å². The van der Waals surface area contributed by atoms with Gasteiger partial charge in [0.2, 0.25) is 23.6 Å². The molecule has 0 spiro atoms. The Morgan fingerprint density at radius 1 is 1.41 bits per heavy atom. The number of hydrogen-bond donors (Lipinski definition) is 4. The van der Waals surface area contributed by atoms with E-state index in [0.29, 0.717) is 6.42 Å². The molecule has 0 unspecified atom stereocenters. The third-order valence-corrected chi connectivity index (χ3v) is 2.38. The average Bonchev–Trinajstić information content (AvgIpc) is 2.63. The lowest BCUT2D eigenvalue weighted by atomic mass is 10.1. The number of nitrogens with one attached hydrogen (secondary N) is 2. The number of hydrogen-bond acceptors (Lipinski definition) is 4. The highest BCUT2D eigenvalue weighted by atomic mass is 16.2. The topological polar surface area (TPSA) is 144 Å². The molecule has 8 nitrogen and oxygen atoms in total. The summed E-state index contributed by atoms with van der Waals surface area (Å²) in [5, 5.41) is 4.71. The molecule has 94 valence electrons. The summed E-state index contributed by atoms with van der Waals surface area (Å²) in [6, 6.07) is -1.82. The summed E-state index contributed by atoms with van der Waals surface area (Å²) in [4.78, 5) is 44.1. The molecular weight excluding hydrogens is 228 g/mol. The van der Waals surface area contributed by atoms with Gasteiger partial charge in [0.15, 0.2) is 0 Å². The van der Waals surface area contributed by atoms with E-state index in [-0.39, 0.29) is 18.7 Å². The summed E-state index contributed by atoms with van der Waals surface area (Å²) in [6.07, 6.45) is 0.254. The number of rotatable bonds is 5. The maximum Gasteiger partial charge on any atom is 0.243 e. The Bertz CT molecular complexity index is 368.